The number of rotatable bonds is 2. The number of fused-ring (bicyclic) bond motifs is 1. The van der Waals surface area contributed by atoms with Crippen LogP contribution < -0.4 is 5.32 Å². The van der Waals surface area contributed by atoms with Crippen molar-refractivity contribution >= 4 is 0 Å². The highest BCUT2D eigenvalue weighted by atomic mass is 19.1. The summed E-state index contributed by atoms with van der Waals surface area (Å²) in [5, 5.41) is 3.13. The second-order valence-corrected chi connectivity index (χ2v) is 4.10. The minimum atomic E-state index is -0.908. The quantitative estimate of drug-likeness (QED) is 0.657. The molecule has 2 nitrogen and oxygen atoms in total. The van der Waals surface area contributed by atoms with E-state index in [0.717, 1.165) is 26.1 Å². The Morgan fingerprint density at radius 1 is 1.67 bits per heavy atom. The highest BCUT2D eigenvalue weighted by molar-refractivity contribution is 5.04. The van der Waals surface area contributed by atoms with Crippen molar-refractivity contribution in [3.8, 4) is 0 Å². The molecule has 2 saturated heterocycles. The van der Waals surface area contributed by atoms with Crippen molar-refractivity contribution in [2.24, 2.45) is 5.92 Å². The smallest absolute Gasteiger partial charge is 0.141 e. The zero-order chi connectivity index (χ0) is 8.60. The van der Waals surface area contributed by atoms with Crippen LogP contribution in [0.25, 0.3) is 0 Å². The van der Waals surface area contributed by atoms with E-state index in [1.54, 1.807) is 0 Å². The summed E-state index contributed by atoms with van der Waals surface area (Å²) in [6, 6.07) is 0. The van der Waals surface area contributed by atoms with Gasteiger partial charge in [0.2, 0.25) is 0 Å². The molecule has 0 amide bonds. The number of hydrogen-bond donors (Lipinski definition) is 1. The zero-order valence-corrected chi connectivity index (χ0v) is 7.65. The maximum absolute atomic E-state index is 14.0. The molecule has 1 N–H and O–H groups in total. The molecule has 12 heavy (non-hydrogen) atoms. The Hall–Kier alpha value is -0.150. The van der Waals surface area contributed by atoms with Crippen LogP contribution in [-0.4, -0.2) is 43.3 Å². The van der Waals surface area contributed by atoms with Gasteiger partial charge in [-0.3, -0.25) is 4.90 Å². The lowest BCUT2D eigenvalue weighted by Crippen LogP contribution is -2.34. The van der Waals surface area contributed by atoms with E-state index in [1.165, 1.54) is 0 Å². The van der Waals surface area contributed by atoms with Gasteiger partial charge < -0.3 is 5.32 Å². The second kappa shape index (κ2) is 2.96. The van der Waals surface area contributed by atoms with Gasteiger partial charge in [0.25, 0.3) is 0 Å². The first-order chi connectivity index (χ1) is 5.74. The highest BCUT2D eigenvalue weighted by Gasteiger charge is 2.49. The lowest BCUT2D eigenvalue weighted by atomic mass is 9.97. The molecule has 0 radical (unpaired) electrons. The van der Waals surface area contributed by atoms with E-state index in [0.29, 0.717) is 13.1 Å². The minimum Gasteiger partial charge on any atom is -0.313 e. The molecule has 3 heteroatoms. The van der Waals surface area contributed by atoms with Crippen molar-refractivity contribution in [2.45, 2.75) is 19.0 Å². The maximum atomic E-state index is 14.0. The molecule has 0 bridgehead atoms. The summed E-state index contributed by atoms with van der Waals surface area (Å²) in [4.78, 5) is 2.26. The van der Waals surface area contributed by atoms with Crippen molar-refractivity contribution in [3.05, 3.63) is 0 Å². The van der Waals surface area contributed by atoms with Crippen LogP contribution in [0.3, 0.4) is 0 Å². The average molecular weight is 172 g/mol. The van der Waals surface area contributed by atoms with Gasteiger partial charge in [-0.05, 0) is 13.0 Å². The van der Waals surface area contributed by atoms with Crippen molar-refractivity contribution in [1.29, 1.82) is 0 Å². The Morgan fingerprint density at radius 2 is 2.50 bits per heavy atom. The third kappa shape index (κ3) is 1.25. The lowest BCUT2D eigenvalue weighted by molar-refractivity contribution is 0.162. The van der Waals surface area contributed by atoms with E-state index < -0.39 is 5.67 Å². The fourth-order valence-corrected chi connectivity index (χ4v) is 2.43. The first-order valence-corrected chi connectivity index (χ1v) is 4.86. The Labute approximate surface area is 73.1 Å². The topological polar surface area (TPSA) is 15.3 Å². The molecule has 2 atom stereocenters. The minimum absolute atomic E-state index is 0.254. The van der Waals surface area contributed by atoms with Gasteiger partial charge in [0.15, 0.2) is 0 Å². The van der Waals surface area contributed by atoms with Crippen molar-refractivity contribution < 1.29 is 4.39 Å². The average Bonchev–Trinajstić information content (AvgIpc) is 2.43. The van der Waals surface area contributed by atoms with Crippen LogP contribution in [-0.2, 0) is 0 Å². The number of alkyl halides is 1. The highest BCUT2D eigenvalue weighted by Crippen LogP contribution is 2.34. The number of nitrogens with zero attached hydrogens (tertiary/aromatic N) is 1. The van der Waals surface area contributed by atoms with Crippen LogP contribution in [0.15, 0.2) is 0 Å². The van der Waals surface area contributed by atoms with Gasteiger partial charge in [0.1, 0.15) is 5.67 Å². The van der Waals surface area contributed by atoms with E-state index in [1.807, 2.05) is 0 Å². The molecular formula is C9H17FN2. The Morgan fingerprint density at radius 3 is 3.17 bits per heavy atom. The summed E-state index contributed by atoms with van der Waals surface area (Å²) in [6.07, 6.45) is 1.14. The summed E-state index contributed by atoms with van der Waals surface area (Å²) >= 11 is 0. The molecule has 2 fully saturated rings. The molecule has 70 valence electrons. The normalized spacial score (nSPS) is 42.0. The maximum Gasteiger partial charge on any atom is 0.141 e. The predicted octanol–water partition coefficient (Wildman–Crippen LogP) is 0.640. The van der Waals surface area contributed by atoms with Crippen LogP contribution in [0.5, 0.6) is 0 Å². The number of likely N-dealkylation sites (tertiary alicyclic amines) is 1. The van der Waals surface area contributed by atoms with E-state index >= 15 is 0 Å². The predicted molar refractivity (Wildman–Crippen MR) is 46.9 cm³/mol. The van der Waals surface area contributed by atoms with Crippen LogP contribution in [0, 0.1) is 5.92 Å². The molecule has 0 aromatic rings. The SMILES string of the molecule is CCCN1CC2CNCC2(F)C1. The zero-order valence-electron chi connectivity index (χ0n) is 7.65. The monoisotopic (exact) mass is 172 g/mol. The third-order valence-electron chi connectivity index (χ3n) is 3.05. The lowest BCUT2D eigenvalue weighted by Gasteiger charge is -2.17. The fraction of sp³-hybridized carbons (Fsp3) is 1.00. The van der Waals surface area contributed by atoms with E-state index in [4.69, 9.17) is 0 Å². The van der Waals surface area contributed by atoms with Gasteiger partial charge in [-0.25, -0.2) is 4.39 Å². The summed E-state index contributed by atoms with van der Waals surface area (Å²) in [7, 11) is 0. The molecule has 2 unspecified atom stereocenters. The van der Waals surface area contributed by atoms with Crippen LogP contribution >= 0.6 is 0 Å². The molecule has 0 aromatic carbocycles. The van der Waals surface area contributed by atoms with Crippen molar-refractivity contribution in [2.75, 3.05) is 32.7 Å². The first-order valence-electron chi connectivity index (χ1n) is 4.86. The Bertz CT molecular complexity index is 174. The van der Waals surface area contributed by atoms with Crippen LogP contribution in [0.4, 0.5) is 4.39 Å². The van der Waals surface area contributed by atoms with Gasteiger partial charge >= 0.3 is 0 Å². The van der Waals surface area contributed by atoms with Gasteiger partial charge in [-0.1, -0.05) is 6.92 Å². The van der Waals surface area contributed by atoms with Gasteiger partial charge in [0.05, 0.1) is 0 Å². The summed E-state index contributed by atoms with van der Waals surface area (Å²) < 4.78 is 14.0. The van der Waals surface area contributed by atoms with Crippen LogP contribution in [0.2, 0.25) is 0 Å². The fourth-order valence-electron chi connectivity index (χ4n) is 2.43. The summed E-state index contributed by atoms with van der Waals surface area (Å²) in [5.74, 6) is 0.254. The largest absolute Gasteiger partial charge is 0.313 e. The van der Waals surface area contributed by atoms with Gasteiger partial charge in [-0.2, -0.15) is 0 Å². The van der Waals surface area contributed by atoms with E-state index in [9.17, 15) is 4.39 Å². The molecular weight excluding hydrogens is 155 g/mol. The van der Waals surface area contributed by atoms with E-state index in [2.05, 4.69) is 17.1 Å². The molecule has 0 aromatic heterocycles. The van der Waals surface area contributed by atoms with Crippen LogP contribution in [0.1, 0.15) is 13.3 Å². The van der Waals surface area contributed by atoms with Gasteiger partial charge in [-0.15, -0.1) is 0 Å². The molecule has 0 aliphatic carbocycles. The van der Waals surface area contributed by atoms with E-state index in [-0.39, 0.29) is 5.92 Å². The molecule has 2 rings (SSSR count). The summed E-state index contributed by atoms with van der Waals surface area (Å²) in [5.41, 5.74) is -0.908. The number of halogens is 1. The standard InChI is InChI=1S/C9H17FN2/c1-2-3-12-5-8-4-11-6-9(8,10)7-12/h8,11H,2-7H2,1H3. The summed E-state index contributed by atoms with van der Waals surface area (Å²) in [6.45, 7) is 6.25. The Kier molecular flexibility index (Phi) is 2.09. The number of hydrogen-bond acceptors (Lipinski definition) is 2. The van der Waals surface area contributed by atoms with Gasteiger partial charge in [0, 0.05) is 32.1 Å². The molecule has 0 saturated carbocycles. The second-order valence-electron chi connectivity index (χ2n) is 4.10. The number of nitrogens with one attached hydrogen (secondary N) is 1. The Balaban J connectivity index is 1.96. The third-order valence-corrected chi connectivity index (χ3v) is 3.05. The molecule has 2 heterocycles. The first kappa shape index (κ1) is 8.45. The molecule has 0 spiro atoms. The van der Waals surface area contributed by atoms with Crippen molar-refractivity contribution in [1.82, 2.24) is 10.2 Å². The van der Waals surface area contributed by atoms with Crippen molar-refractivity contribution in [3.63, 3.8) is 0 Å². The molecule has 2 aliphatic rings. The molecule has 2 aliphatic heterocycles.